The highest BCUT2D eigenvalue weighted by molar-refractivity contribution is 4.98. The molecule has 0 spiro atoms. The van der Waals surface area contributed by atoms with Gasteiger partial charge in [0.05, 0.1) is 5.60 Å². The molecule has 1 nitrogen and oxygen atoms in total. The minimum Gasteiger partial charge on any atom is -0.378 e. The molecule has 0 aliphatic heterocycles. The van der Waals surface area contributed by atoms with Crippen LogP contribution in [0.2, 0.25) is 0 Å². The summed E-state index contributed by atoms with van der Waals surface area (Å²) in [5, 5.41) is 0. The number of hydrogen-bond donors (Lipinski definition) is 0. The second-order valence-corrected chi connectivity index (χ2v) is 2.95. The van der Waals surface area contributed by atoms with Crippen LogP contribution in [0, 0.1) is 0 Å². The molecular formula is C9H16O. The van der Waals surface area contributed by atoms with Crippen LogP contribution in [0.3, 0.4) is 0 Å². The van der Waals surface area contributed by atoms with E-state index in [1.54, 1.807) is 0 Å². The van der Waals surface area contributed by atoms with Crippen LogP contribution in [0.25, 0.3) is 0 Å². The smallest absolute Gasteiger partial charge is 0.0713 e. The van der Waals surface area contributed by atoms with Crippen molar-refractivity contribution in [1.82, 2.24) is 0 Å². The molecule has 1 heteroatoms. The quantitative estimate of drug-likeness (QED) is 0.535. The Hall–Kier alpha value is -0.300. The fraction of sp³-hybridized carbons (Fsp3) is 0.778. The number of methoxy groups -OCH3 is 1. The van der Waals surface area contributed by atoms with Gasteiger partial charge in [-0.15, -0.1) is 0 Å². The third kappa shape index (κ3) is 1.40. The molecule has 0 aromatic rings. The highest BCUT2D eigenvalue weighted by atomic mass is 16.5. The number of ether oxygens (including phenoxy) is 1. The molecule has 0 aromatic carbocycles. The normalized spacial score (nSPS) is 32.6. The van der Waals surface area contributed by atoms with Crippen LogP contribution in [0.5, 0.6) is 0 Å². The van der Waals surface area contributed by atoms with E-state index in [1.807, 2.05) is 7.11 Å². The number of allylic oxidation sites excluding steroid dienone is 1. The van der Waals surface area contributed by atoms with Gasteiger partial charge in [0.25, 0.3) is 0 Å². The van der Waals surface area contributed by atoms with Gasteiger partial charge in [0, 0.05) is 7.11 Å². The molecule has 0 amide bonds. The SMILES string of the molecule is CCC1(OC)CC=CCC1. The van der Waals surface area contributed by atoms with E-state index < -0.39 is 0 Å². The number of rotatable bonds is 2. The maximum atomic E-state index is 5.48. The highest BCUT2D eigenvalue weighted by Crippen LogP contribution is 2.29. The predicted octanol–water partition coefficient (Wildman–Crippen LogP) is 2.52. The molecular weight excluding hydrogens is 124 g/mol. The molecule has 0 N–H and O–H groups in total. The molecule has 1 unspecified atom stereocenters. The molecule has 0 aromatic heterocycles. The van der Waals surface area contributed by atoms with Gasteiger partial charge in [-0.25, -0.2) is 0 Å². The van der Waals surface area contributed by atoms with Crippen LogP contribution in [0.15, 0.2) is 12.2 Å². The predicted molar refractivity (Wildman–Crippen MR) is 43.0 cm³/mol. The van der Waals surface area contributed by atoms with Crippen molar-refractivity contribution in [2.45, 2.75) is 38.2 Å². The minimum absolute atomic E-state index is 0.175. The van der Waals surface area contributed by atoms with Gasteiger partial charge in [-0.3, -0.25) is 0 Å². The molecule has 10 heavy (non-hydrogen) atoms. The topological polar surface area (TPSA) is 9.23 Å². The van der Waals surface area contributed by atoms with Gasteiger partial charge < -0.3 is 4.74 Å². The van der Waals surface area contributed by atoms with Gasteiger partial charge in [0.1, 0.15) is 0 Å². The van der Waals surface area contributed by atoms with Crippen molar-refractivity contribution >= 4 is 0 Å². The van der Waals surface area contributed by atoms with E-state index in [4.69, 9.17) is 4.74 Å². The summed E-state index contributed by atoms with van der Waals surface area (Å²) in [6.07, 6.45) is 9.08. The van der Waals surface area contributed by atoms with Crippen LogP contribution in [0.4, 0.5) is 0 Å². The first kappa shape index (κ1) is 7.80. The Morgan fingerprint density at radius 3 is 2.60 bits per heavy atom. The third-order valence-corrected chi connectivity index (χ3v) is 2.50. The lowest BCUT2D eigenvalue weighted by Crippen LogP contribution is -2.31. The zero-order chi connectivity index (χ0) is 7.45. The molecule has 0 saturated heterocycles. The highest BCUT2D eigenvalue weighted by Gasteiger charge is 2.26. The molecule has 1 atom stereocenters. The van der Waals surface area contributed by atoms with Gasteiger partial charge in [-0.05, 0) is 25.7 Å². The molecule has 1 aliphatic rings. The fourth-order valence-electron chi connectivity index (χ4n) is 1.52. The number of hydrogen-bond acceptors (Lipinski definition) is 1. The molecule has 0 radical (unpaired) electrons. The summed E-state index contributed by atoms with van der Waals surface area (Å²) in [5.41, 5.74) is 0.175. The van der Waals surface area contributed by atoms with E-state index in [0.29, 0.717) is 0 Å². The van der Waals surface area contributed by atoms with E-state index >= 15 is 0 Å². The van der Waals surface area contributed by atoms with Crippen LogP contribution in [-0.2, 0) is 4.74 Å². The van der Waals surface area contributed by atoms with Gasteiger partial charge in [0.15, 0.2) is 0 Å². The zero-order valence-electron chi connectivity index (χ0n) is 6.89. The summed E-state index contributed by atoms with van der Waals surface area (Å²) >= 11 is 0. The van der Waals surface area contributed by atoms with Crippen molar-refractivity contribution in [1.29, 1.82) is 0 Å². The average molecular weight is 140 g/mol. The largest absolute Gasteiger partial charge is 0.378 e. The first-order valence-electron chi connectivity index (χ1n) is 4.03. The Morgan fingerprint density at radius 1 is 1.50 bits per heavy atom. The molecule has 0 heterocycles. The summed E-state index contributed by atoms with van der Waals surface area (Å²) in [6.45, 7) is 2.20. The van der Waals surface area contributed by atoms with Crippen molar-refractivity contribution in [2.24, 2.45) is 0 Å². The summed E-state index contributed by atoms with van der Waals surface area (Å²) in [6, 6.07) is 0. The average Bonchev–Trinajstić information content (AvgIpc) is 2.06. The van der Waals surface area contributed by atoms with Gasteiger partial charge in [-0.1, -0.05) is 19.1 Å². The van der Waals surface area contributed by atoms with Crippen LogP contribution >= 0.6 is 0 Å². The summed E-state index contributed by atoms with van der Waals surface area (Å²) in [5.74, 6) is 0. The molecule has 0 fully saturated rings. The van der Waals surface area contributed by atoms with Crippen molar-refractivity contribution in [3.63, 3.8) is 0 Å². The van der Waals surface area contributed by atoms with Gasteiger partial charge in [-0.2, -0.15) is 0 Å². The van der Waals surface area contributed by atoms with E-state index in [-0.39, 0.29) is 5.60 Å². The Labute approximate surface area is 63.1 Å². The fourth-order valence-corrected chi connectivity index (χ4v) is 1.52. The van der Waals surface area contributed by atoms with E-state index in [1.165, 1.54) is 12.8 Å². The van der Waals surface area contributed by atoms with Crippen molar-refractivity contribution in [3.05, 3.63) is 12.2 Å². The Bertz CT molecular complexity index is 123. The summed E-state index contributed by atoms with van der Waals surface area (Å²) in [4.78, 5) is 0. The van der Waals surface area contributed by atoms with Crippen LogP contribution < -0.4 is 0 Å². The molecule has 0 bridgehead atoms. The Balaban J connectivity index is 2.55. The Morgan fingerprint density at radius 2 is 2.30 bits per heavy atom. The van der Waals surface area contributed by atoms with Gasteiger partial charge >= 0.3 is 0 Å². The van der Waals surface area contributed by atoms with Crippen molar-refractivity contribution < 1.29 is 4.74 Å². The molecule has 1 aliphatic carbocycles. The van der Waals surface area contributed by atoms with E-state index in [0.717, 1.165) is 12.8 Å². The van der Waals surface area contributed by atoms with Crippen LogP contribution in [0.1, 0.15) is 32.6 Å². The third-order valence-electron chi connectivity index (χ3n) is 2.50. The van der Waals surface area contributed by atoms with Crippen molar-refractivity contribution in [3.8, 4) is 0 Å². The van der Waals surface area contributed by atoms with Crippen LogP contribution in [-0.4, -0.2) is 12.7 Å². The first-order chi connectivity index (χ1) is 4.83. The molecule has 58 valence electrons. The lowest BCUT2D eigenvalue weighted by Gasteiger charge is -2.32. The lowest BCUT2D eigenvalue weighted by atomic mass is 9.87. The zero-order valence-corrected chi connectivity index (χ0v) is 6.89. The standard InChI is InChI=1S/C9H16O/c1-3-9(10-2)7-5-4-6-8-9/h4-5H,3,6-8H2,1-2H3. The summed E-state index contributed by atoms with van der Waals surface area (Å²) in [7, 11) is 1.82. The second kappa shape index (κ2) is 3.20. The maximum Gasteiger partial charge on any atom is 0.0713 e. The maximum absolute atomic E-state index is 5.48. The summed E-state index contributed by atoms with van der Waals surface area (Å²) < 4.78 is 5.48. The first-order valence-corrected chi connectivity index (χ1v) is 4.03. The molecule has 0 saturated carbocycles. The molecule has 1 rings (SSSR count). The Kier molecular flexibility index (Phi) is 2.50. The monoisotopic (exact) mass is 140 g/mol. The van der Waals surface area contributed by atoms with E-state index in [2.05, 4.69) is 19.1 Å². The lowest BCUT2D eigenvalue weighted by molar-refractivity contribution is -0.0203. The van der Waals surface area contributed by atoms with Crippen molar-refractivity contribution in [2.75, 3.05) is 7.11 Å². The van der Waals surface area contributed by atoms with Gasteiger partial charge in [0.2, 0.25) is 0 Å². The minimum atomic E-state index is 0.175. The van der Waals surface area contributed by atoms with E-state index in [9.17, 15) is 0 Å². The second-order valence-electron chi connectivity index (χ2n) is 2.95.